The molecule has 0 spiro atoms. The smallest absolute Gasteiger partial charge is 0.0346 e. The molecule has 0 aliphatic rings. The Morgan fingerprint density at radius 1 is 0.905 bits per heavy atom. The Balaban J connectivity index is 1.66. The van der Waals surface area contributed by atoms with Gasteiger partial charge in [-0.25, -0.2) is 0 Å². The number of benzene rings is 2. The van der Waals surface area contributed by atoms with Crippen LogP contribution in [0.2, 0.25) is 0 Å². The first-order valence-corrected chi connectivity index (χ1v) is 7.47. The van der Waals surface area contributed by atoms with Gasteiger partial charge in [-0.05, 0) is 40.6 Å². The number of fused-ring (bicyclic) bond motifs is 1. The largest absolute Gasteiger partial charge is 0.309 e. The summed E-state index contributed by atoms with van der Waals surface area (Å²) in [6, 6.07) is 17.2. The zero-order chi connectivity index (χ0) is 14.5. The summed E-state index contributed by atoms with van der Waals surface area (Å²) in [5, 5.41) is 5.98. The van der Waals surface area contributed by atoms with Gasteiger partial charge < -0.3 is 5.32 Å². The van der Waals surface area contributed by atoms with Crippen LogP contribution in [0.3, 0.4) is 0 Å². The molecule has 0 aliphatic carbocycles. The summed E-state index contributed by atoms with van der Waals surface area (Å²) >= 11 is 0. The fraction of sp³-hybridized carbons (Fsp3) is 0.211. The predicted molar refractivity (Wildman–Crippen MR) is 88.1 cm³/mol. The van der Waals surface area contributed by atoms with Crippen LogP contribution >= 0.6 is 0 Å². The van der Waals surface area contributed by atoms with Crippen LogP contribution in [0.25, 0.3) is 10.8 Å². The van der Waals surface area contributed by atoms with Gasteiger partial charge in [0.15, 0.2) is 0 Å². The summed E-state index contributed by atoms with van der Waals surface area (Å²) in [7, 11) is 0. The third-order valence-corrected chi connectivity index (χ3v) is 3.85. The van der Waals surface area contributed by atoms with Crippen molar-refractivity contribution >= 4 is 10.8 Å². The number of nitrogens with zero attached hydrogens (tertiary/aromatic N) is 1. The molecule has 0 bridgehead atoms. The highest BCUT2D eigenvalue weighted by Gasteiger charge is 2.00. The predicted octanol–water partition coefficient (Wildman–Crippen LogP) is 4.09. The van der Waals surface area contributed by atoms with Crippen LogP contribution in [0.15, 0.2) is 60.9 Å². The van der Waals surface area contributed by atoms with E-state index in [-0.39, 0.29) is 0 Å². The van der Waals surface area contributed by atoms with Crippen molar-refractivity contribution in [1.82, 2.24) is 10.3 Å². The van der Waals surface area contributed by atoms with Gasteiger partial charge in [0.1, 0.15) is 0 Å². The Morgan fingerprint density at radius 2 is 1.76 bits per heavy atom. The summed E-state index contributed by atoms with van der Waals surface area (Å²) in [6.45, 7) is 4.00. The highest BCUT2D eigenvalue weighted by Crippen LogP contribution is 2.15. The number of hydrogen-bond donors (Lipinski definition) is 1. The standard InChI is InChI=1S/C19H20N2/c1-2-16-5-3-4-6-18(16)14-21-12-15-7-8-19-13-20-10-9-17(19)11-15/h3-11,13,21H,2,12,14H2,1H3. The van der Waals surface area contributed by atoms with E-state index in [1.54, 1.807) is 0 Å². The van der Waals surface area contributed by atoms with E-state index in [1.165, 1.54) is 27.5 Å². The van der Waals surface area contributed by atoms with E-state index in [2.05, 4.69) is 65.8 Å². The molecule has 0 unspecified atom stereocenters. The molecule has 2 heteroatoms. The quantitative estimate of drug-likeness (QED) is 0.759. The molecule has 2 aromatic carbocycles. The van der Waals surface area contributed by atoms with E-state index >= 15 is 0 Å². The van der Waals surface area contributed by atoms with Crippen molar-refractivity contribution in [1.29, 1.82) is 0 Å². The Hall–Kier alpha value is -2.19. The normalized spacial score (nSPS) is 10.9. The van der Waals surface area contributed by atoms with Gasteiger partial charge in [-0.3, -0.25) is 4.98 Å². The highest BCUT2D eigenvalue weighted by molar-refractivity contribution is 5.81. The fourth-order valence-electron chi connectivity index (χ4n) is 2.66. The molecule has 2 nitrogen and oxygen atoms in total. The average molecular weight is 276 g/mol. The van der Waals surface area contributed by atoms with Crippen molar-refractivity contribution in [3.63, 3.8) is 0 Å². The maximum absolute atomic E-state index is 4.15. The molecular formula is C19H20N2. The molecule has 3 aromatic rings. The van der Waals surface area contributed by atoms with E-state index in [0.717, 1.165) is 19.5 Å². The van der Waals surface area contributed by atoms with Crippen molar-refractivity contribution < 1.29 is 0 Å². The topological polar surface area (TPSA) is 24.9 Å². The Bertz CT molecular complexity index is 734. The zero-order valence-electron chi connectivity index (χ0n) is 12.3. The Labute approximate surface area is 125 Å². The molecule has 0 amide bonds. The van der Waals surface area contributed by atoms with Crippen LogP contribution < -0.4 is 5.32 Å². The van der Waals surface area contributed by atoms with Crippen LogP contribution in [-0.4, -0.2) is 4.98 Å². The minimum absolute atomic E-state index is 0.885. The van der Waals surface area contributed by atoms with Gasteiger partial charge in [-0.15, -0.1) is 0 Å². The van der Waals surface area contributed by atoms with Crippen LogP contribution in [0.4, 0.5) is 0 Å². The zero-order valence-corrected chi connectivity index (χ0v) is 12.3. The highest BCUT2D eigenvalue weighted by atomic mass is 14.8. The molecule has 0 fully saturated rings. The Kier molecular flexibility index (Phi) is 4.27. The number of aryl methyl sites for hydroxylation is 1. The van der Waals surface area contributed by atoms with Gasteiger partial charge in [0.05, 0.1) is 0 Å². The minimum Gasteiger partial charge on any atom is -0.309 e. The van der Waals surface area contributed by atoms with Crippen molar-refractivity contribution in [2.24, 2.45) is 0 Å². The lowest BCUT2D eigenvalue weighted by atomic mass is 10.1. The number of hydrogen-bond acceptors (Lipinski definition) is 2. The maximum atomic E-state index is 4.15. The second-order valence-corrected chi connectivity index (χ2v) is 5.28. The number of aromatic nitrogens is 1. The minimum atomic E-state index is 0.885. The third-order valence-electron chi connectivity index (χ3n) is 3.85. The second-order valence-electron chi connectivity index (χ2n) is 5.28. The summed E-state index contributed by atoms with van der Waals surface area (Å²) in [5.74, 6) is 0. The van der Waals surface area contributed by atoms with Crippen molar-refractivity contribution in [3.8, 4) is 0 Å². The van der Waals surface area contributed by atoms with Crippen molar-refractivity contribution in [3.05, 3.63) is 77.6 Å². The van der Waals surface area contributed by atoms with E-state index in [1.807, 2.05) is 12.4 Å². The summed E-state index contributed by atoms with van der Waals surface area (Å²) in [5.41, 5.74) is 4.13. The molecule has 0 radical (unpaired) electrons. The monoisotopic (exact) mass is 276 g/mol. The van der Waals surface area contributed by atoms with Gasteiger partial charge in [-0.2, -0.15) is 0 Å². The van der Waals surface area contributed by atoms with Gasteiger partial charge >= 0.3 is 0 Å². The van der Waals surface area contributed by atoms with Crippen LogP contribution in [0.1, 0.15) is 23.6 Å². The van der Waals surface area contributed by atoms with Gasteiger partial charge in [0.2, 0.25) is 0 Å². The fourth-order valence-corrected chi connectivity index (χ4v) is 2.66. The third kappa shape index (κ3) is 3.29. The van der Waals surface area contributed by atoms with Gasteiger partial charge in [0, 0.05) is 30.9 Å². The molecule has 21 heavy (non-hydrogen) atoms. The lowest BCUT2D eigenvalue weighted by Crippen LogP contribution is -2.13. The van der Waals surface area contributed by atoms with Gasteiger partial charge in [-0.1, -0.05) is 43.3 Å². The molecule has 1 heterocycles. The van der Waals surface area contributed by atoms with E-state index < -0.39 is 0 Å². The van der Waals surface area contributed by atoms with E-state index in [9.17, 15) is 0 Å². The lowest BCUT2D eigenvalue weighted by molar-refractivity contribution is 0.689. The number of pyridine rings is 1. The summed E-state index contributed by atoms with van der Waals surface area (Å²) < 4.78 is 0. The van der Waals surface area contributed by atoms with Crippen molar-refractivity contribution in [2.75, 3.05) is 0 Å². The maximum Gasteiger partial charge on any atom is 0.0346 e. The molecule has 0 atom stereocenters. The summed E-state index contributed by atoms with van der Waals surface area (Å²) in [6.07, 6.45) is 4.84. The molecule has 1 aromatic heterocycles. The van der Waals surface area contributed by atoms with E-state index in [4.69, 9.17) is 0 Å². The molecular weight excluding hydrogens is 256 g/mol. The molecule has 0 saturated heterocycles. The first-order valence-electron chi connectivity index (χ1n) is 7.47. The first-order chi connectivity index (χ1) is 10.4. The van der Waals surface area contributed by atoms with Crippen LogP contribution in [0.5, 0.6) is 0 Å². The SMILES string of the molecule is CCc1ccccc1CNCc1ccc2cnccc2c1. The number of nitrogens with one attached hydrogen (secondary N) is 1. The van der Waals surface area contributed by atoms with E-state index in [0.29, 0.717) is 0 Å². The number of rotatable bonds is 5. The average Bonchev–Trinajstić information content (AvgIpc) is 2.55. The molecule has 3 rings (SSSR count). The molecule has 0 saturated carbocycles. The molecule has 0 aliphatic heterocycles. The van der Waals surface area contributed by atoms with Crippen molar-refractivity contribution in [2.45, 2.75) is 26.4 Å². The van der Waals surface area contributed by atoms with Crippen LogP contribution in [0, 0.1) is 0 Å². The van der Waals surface area contributed by atoms with Gasteiger partial charge in [0.25, 0.3) is 0 Å². The first kappa shape index (κ1) is 13.8. The molecule has 1 N–H and O–H groups in total. The van der Waals surface area contributed by atoms with Crippen LogP contribution in [-0.2, 0) is 19.5 Å². The second kappa shape index (κ2) is 6.51. The lowest BCUT2D eigenvalue weighted by Gasteiger charge is -2.09. The summed E-state index contributed by atoms with van der Waals surface area (Å²) in [4.78, 5) is 4.15. The molecule has 106 valence electrons. The Morgan fingerprint density at radius 3 is 2.62 bits per heavy atom.